The van der Waals surface area contributed by atoms with Crippen molar-refractivity contribution in [2.24, 2.45) is 0 Å². The molecule has 0 atom stereocenters. The fourth-order valence-electron chi connectivity index (χ4n) is 3.94. The van der Waals surface area contributed by atoms with Gasteiger partial charge in [-0.3, -0.25) is 4.79 Å². The number of anilines is 1. The minimum atomic E-state index is -3.53. The highest BCUT2D eigenvalue weighted by atomic mass is 35.5. The number of hydrogen-bond acceptors (Lipinski definition) is 3. The summed E-state index contributed by atoms with van der Waals surface area (Å²) in [5, 5.41) is 0.648. The molecule has 1 N–H and O–H groups in total. The van der Waals surface area contributed by atoms with E-state index in [0.717, 1.165) is 42.5 Å². The van der Waals surface area contributed by atoms with Gasteiger partial charge in [-0.25, -0.2) is 13.1 Å². The molecule has 0 radical (unpaired) electrons. The molecule has 1 amide bonds. The van der Waals surface area contributed by atoms with Gasteiger partial charge in [0.05, 0.1) is 4.90 Å². The van der Waals surface area contributed by atoms with Crippen LogP contribution in [0.3, 0.4) is 0 Å². The maximum Gasteiger partial charge on any atom is 0.251 e. The number of nitrogens with zero attached hydrogens (tertiary/aromatic N) is 1. The van der Waals surface area contributed by atoms with E-state index in [4.69, 9.17) is 11.6 Å². The minimum Gasteiger partial charge on any atom is -0.308 e. The minimum absolute atomic E-state index is 0.0318. The van der Waals surface area contributed by atoms with Crippen LogP contribution < -0.4 is 9.62 Å². The van der Waals surface area contributed by atoms with Crippen LogP contribution in [-0.4, -0.2) is 26.9 Å². The lowest BCUT2D eigenvalue weighted by Gasteiger charge is -2.16. The molecule has 1 aliphatic carbocycles. The topological polar surface area (TPSA) is 66.5 Å². The number of benzene rings is 2. The predicted molar refractivity (Wildman–Crippen MR) is 116 cm³/mol. The maximum absolute atomic E-state index is 12.7. The van der Waals surface area contributed by atoms with Crippen LogP contribution in [-0.2, 0) is 21.2 Å². The van der Waals surface area contributed by atoms with Crippen molar-refractivity contribution in [3.05, 3.63) is 64.7 Å². The smallest absolute Gasteiger partial charge is 0.251 e. The van der Waals surface area contributed by atoms with E-state index in [9.17, 15) is 13.2 Å². The number of halogens is 1. The van der Waals surface area contributed by atoms with Crippen LogP contribution in [0.4, 0.5) is 5.69 Å². The first-order chi connectivity index (χ1) is 13.9. The molecule has 2 aliphatic rings. The molecule has 0 spiro atoms. The second kappa shape index (κ2) is 8.30. The number of carbonyl (C=O) groups excluding carboxylic acids is 1. The van der Waals surface area contributed by atoms with E-state index in [-0.39, 0.29) is 16.8 Å². The molecular formula is C22H23ClN2O3S. The monoisotopic (exact) mass is 430 g/mol. The van der Waals surface area contributed by atoms with Crippen molar-refractivity contribution in [2.75, 3.05) is 11.4 Å². The molecule has 0 saturated heterocycles. The fraction of sp³-hybridized carbons (Fsp3) is 0.318. The molecule has 7 heteroatoms. The second-order valence-electron chi connectivity index (χ2n) is 7.52. The Bertz CT molecular complexity index is 1040. The summed E-state index contributed by atoms with van der Waals surface area (Å²) in [6, 6.07) is 12.3. The van der Waals surface area contributed by atoms with Crippen molar-refractivity contribution >= 4 is 39.3 Å². The quantitative estimate of drug-likeness (QED) is 0.724. The third-order valence-electron chi connectivity index (χ3n) is 5.49. The third kappa shape index (κ3) is 4.55. The molecule has 5 nitrogen and oxygen atoms in total. The maximum atomic E-state index is 12.7. The van der Waals surface area contributed by atoms with E-state index in [1.54, 1.807) is 41.3 Å². The summed E-state index contributed by atoms with van der Waals surface area (Å²) in [7, 11) is -3.53. The fourth-order valence-corrected chi connectivity index (χ4v) is 5.42. The number of carbonyl (C=O) groups is 1. The molecule has 2 aromatic carbocycles. The number of amides is 1. The lowest BCUT2D eigenvalue weighted by Crippen LogP contribution is -2.32. The van der Waals surface area contributed by atoms with Crippen molar-refractivity contribution in [3.63, 3.8) is 0 Å². The Labute approximate surface area is 176 Å². The van der Waals surface area contributed by atoms with Crippen molar-refractivity contribution in [2.45, 2.75) is 43.0 Å². The van der Waals surface area contributed by atoms with Gasteiger partial charge in [-0.15, -0.1) is 0 Å². The zero-order valence-corrected chi connectivity index (χ0v) is 17.5. The van der Waals surface area contributed by atoms with Crippen LogP contribution in [0.25, 0.3) is 6.08 Å². The number of fused-ring (bicyclic) bond motifs is 1. The third-order valence-corrected chi connectivity index (χ3v) is 7.26. The van der Waals surface area contributed by atoms with Crippen LogP contribution in [0.2, 0.25) is 5.02 Å². The number of sulfonamides is 1. The van der Waals surface area contributed by atoms with E-state index in [1.807, 2.05) is 12.1 Å². The second-order valence-corrected chi connectivity index (χ2v) is 9.67. The van der Waals surface area contributed by atoms with Gasteiger partial charge in [0.1, 0.15) is 0 Å². The SMILES string of the molecule is O=C(/C=C/c1ccc(Cl)cc1)N1CCc2cc(S(=O)(=O)NC3CCCC3)ccc21. The summed E-state index contributed by atoms with van der Waals surface area (Å²) in [6.45, 7) is 0.540. The zero-order valence-electron chi connectivity index (χ0n) is 16.0. The van der Waals surface area contributed by atoms with E-state index in [0.29, 0.717) is 18.0 Å². The van der Waals surface area contributed by atoms with Gasteiger partial charge in [-0.2, -0.15) is 0 Å². The molecule has 4 rings (SSSR count). The molecule has 1 fully saturated rings. The molecular weight excluding hydrogens is 408 g/mol. The first-order valence-electron chi connectivity index (χ1n) is 9.83. The highest BCUT2D eigenvalue weighted by Crippen LogP contribution is 2.31. The largest absolute Gasteiger partial charge is 0.308 e. The van der Waals surface area contributed by atoms with Crippen molar-refractivity contribution in [1.29, 1.82) is 0 Å². The average Bonchev–Trinajstić information content (AvgIpc) is 3.36. The van der Waals surface area contributed by atoms with Gasteiger partial charge in [0, 0.05) is 29.4 Å². The number of nitrogens with one attached hydrogen (secondary N) is 1. The van der Waals surface area contributed by atoms with Gasteiger partial charge in [-0.05, 0) is 66.8 Å². The Balaban J connectivity index is 1.49. The van der Waals surface area contributed by atoms with Crippen molar-refractivity contribution in [3.8, 4) is 0 Å². The van der Waals surface area contributed by atoms with Crippen LogP contribution >= 0.6 is 11.6 Å². The Morgan fingerprint density at radius 2 is 1.83 bits per heavy atom. The van der Waals surface area contributed by atoms with Crippen LogP contribution in [0.5, 0.6) is 0 Å². The van der Waals surface area contributed by atoms with E-state index in [1.165, 1.54) is 6.08 Å². The average molecular weight is 431 g/mol. The summed E-state index contributed by atoms with van der Waals surface area (Å²) in [5.74, 6) is -0.126. The normalized spacial score (nSPS) is 17.2. The highest BCUT2D eigenvalue weighted by molar-refractivity contribution is 7.89. The summed E-state index contributed by atoms with van der Waals surface area (Å²) in [6.07, 6.45) is 7.85. The molecule has 29 heavy (non-hydrogen) atoms. The van der Waals surface area contributed by atoms with Gasteiger partial charge in [0.2, 0.25) is 10.0 Å². The van der Waals surface area contributed by atoms with Crippen molar-refractivity contribution in [1.82, 2.24) is 4.72 Å². The Morgan fingerprint density at radius 3 is 2.55 bits per heavy atom. The Hall–Kier alpha value is -2.15. The molecule has 152 valence electrons. The summed E-state index contributed by atoms with van der Waals surface area (Å²) in [4.78, 5) is 14.6. The first kappa shape index (κ1) is 20.1. The van der Waals surface area contributed by atoms with Gasteiger partial charge in [0.25, 0.3) is 5.91 Å². The molecule has 1 aliphatic heterocycles. The Kier molecular flexibility index (Phi) is 5.76. The number of hydrogen-bond donors (Lipinski definition) is 1. The van der Waals surface area contributed by atoms with E-state index < -0.39 is 10.0 Å². The predicted octanol–water partition coefficient (Wildman–Crippen LogP) is 4.16. The first-order valence-corrected chi connectivity index (χ1v) is 11.7. The summed E-state index contributed by atoms with van der Waals surface area (Å²) >= 11 is 5.88. The van der Waals surface area contributed by atoms with Crippen LogP contribution in [0.1, 0.15) is 36.8 Å². The van der Waals surface area contributed by atoms with Gasteiger partial charge in [0.15, 0.2) is 0 Å². The van der Waals surface area contributed by atoms with Gasteiger partial charge < -0.3 is 4.90 Å². The molecule has 0 aromatic heterocycles. The number of rotatable bonds is 5. The molecule has 0 unspecified atom stereocenters. The van der Waals surface area contributed by atoms with Crippen LogP contribution in [0, 0.1) is 0 Å². The molecule has 0 bridgehead atoms. The Morgan fingerprint density at radius 1 is 1.10 bits per heavy atom. The summed E-state index contributed by atoms with van der Waals surface area (Å²) < 4.78 is 28.2. The standard InChI is InChI=1S/C22H23ClN2O3S/c23-18-8-5-16(6-9-18)7-12-22(26)25-14-13-17-15-20(10-11-21(17)25)29(27,28)24-19-3-1-2-4-19/h5-12,15,19,24H,1-4,13-14H2/b12-7+. The van der Waals surface area contributed by atoms with E-state index in [2.05, 4.69) is 4.72 Å². The van der Waals surface area contributed by atoms with Gasteiger partial charge in [-0.1, -0.05) is 36.6 Å². The lowest BCUT2D eigenvalue weighted by atomic mass is 10.2. The lowest BCUT2D eigenvalue weighted by molar-refractivity contribution is -0.114. The molecule has 1 heterocycles. The summed E-state index contributed by atoms with van der Waals surface area (Å²) in [5.41, 5.74) is 2.55. The van der Waals surface area contributed by atoms with Gasteiger partial charge >= 0.3 is 0 Å². The zero-order chi connectivity index (χ0) is 20.4. The van der Waals surface area contributed by atoms with Crippen LogP contribution in [0.15, 0.2) is 53.4 Å². The molecule has 2 aromatic rings. The molecule has 1 saturated carbocycles. The van der Waals surface area contributed by atoms with E-state index >= 15 is 0 Å². The highest BCUT2D eigenvalue weighted by Gasteiger charge is 2.27. The van der Waals surface area contributed by atoms with Crippen molar-refractivity contribution < 1.29 is 13.2 Å².